The van der Waals surface area contributed by atoms with Crippen LogP contribution in [0, 0.1) is 13.8 Å². The summed E-state index contributed by atoms with van der Waals surface area (Å²) in [5.74, 6) is 0. The van der Waals surface area contributed by atoms with Crippen LogP contribution in [0.2, 0.25) is 5.02 Å². The molecule has 2 aromatic heterocycles. The molecule has 5 nitrogen and oxygen atoms in total. The molecule has 2 unspecified atom stereocenters. The van der Waals surface area contributed by atoms with Gasteiger partial charge in [0, 0.05) is 28.0 Å². The molecule has 3 aromatic rings. The summed E-state index contributed by atoms with van der Waals surface area (Å²) >= 11 is 7.67. The monoisotopic (exact) mass is 373 g/mol. The second-order valence-electron chi connectivity index (χ2n) is 6.38. The van der Waals surface area contributed by atoms with Crippen molar-refractivity contribution in [3.05, 3.63) is 57.9 Å². The molecular weight excluding hydrogens is 354 g/mol. The van der Waals surface area contributed by atoms with Gasteiger partial charge < -0.3 is 0 Å². The SMILES string of the molecule is CSc1nn2c(C)cc(C)nc2c1C1CC(c2ccc(Cl)cc2)NN1. The van der Waals surface area contributed by atoms with Gasteiger partial charge in [-0.15, -0.1) is 11.8 Å². The lowest BCUT2D eigenvalue weighted by molar-refractivity contribution is 0.552. The van der Waals surface area contributed by atoms with Crippen molar-refractivity contribution >= 4 is 29.0 Å². The highest BCUT2D eigenvalue weighted by Gasteiger charge is 2.31. The predicted octanol–water partition coefficient (Wildman–Crippen LogP) is 4.00. The second-order valence-corrected chi connectivity index (χ2v) is 7.61. The lowest BCUT2D eigenvalue weighted by Crippen LogP contribution is -2.26. The Morgan fingerprint density at radius 2 is 1.88 bits per heavy atom. The van der Waals surface area contributed by atoms with E-state index in [1.54, 1.807) is 11.8 Å². The maximum absolute atomic E-state index is 6.00. The summed E-state index contributed by atoms with van der Waals surface area (Å²) in [6.45, 7) is 4.10. The number of aromatic nitrogens is 3. The average molecular weight is 374 g/mol. The van der Waals surface area contributed by atoms with Gasteiger partial charge in [0.15, 0.2) is 5.65 Å². The van der Waals surface area contributed by atoms with E-state index in [1.165, 1.54) is 11.1 Å². The van der Waals surface area contributed by atoms with Gasteiger partial charge in [0.2, 0.25) is 0 Å². The molecule has 1 saturated heterocycles. The normalized spacial score (nSPS) is 20.5. The first-order valence-electron chi connectivity index (χ1n) is 8.24. The zero-order valence-corrected chi connectivity index (χ0v) is 15.9. The number of aryl methyl sites for hydroxylation is 2. The van der Waals surface area contributed by atoms with E-state index in [-0.39, 0.29) is 12.1 Å². The maximum atomic E-state index is 6.00. The van der Waals surface area contributed by atoms with Crippen LogP contribution in [0.3, 0.4) is 0 Å². The van der Waals surface area contributed by atoms with Gasteiger partial charge in [0.1, 0.15) is 5.03 Å². The van der Waals surface area contributed by atoms with Crippen molar-refractivity contribution in [3.63, 3.8) is 0 Å². The van der Waals surface area contributed by atoms with Gasteiger partial charge in [-0.05, 0) is 50.3 Å². The number of halogens is 1. The number of hydrazine groups is 1. The molecule has 1 aromatic carbocycles. The van der Waals surface area contributed by atoms with E-state index in [4.69, 9.17) is 21.7 Å². The van der Waals surface area contributed by atoms with Crippen LogP contribution in [0.5, 0.6) is 0 Å². The van der Waals surface area contributed by atoms with Crippen molar-refractivity contribution in [2.75, 3.05) is 6.26 Å². The summed E-state index contributed by atoms with van der Waals surface area (Å²) in [5, 5.41) is 6.54. The Labute approximate surface area is 156 Å². The Kier molecular flexibility index (Phi) is 4.45. The number of benzene rings is 1. The smallest absolute Gasteiger partial charge is 0.161 e. The molecule has 0 bridgehead atoms. The van der Waals surface area contributed by atoms with Gasteiger partial charge in [-0.3, -0.25) is 0 Å². The Bertz CT molecular complexity index is 921. The summed E-state index contributed by atoms with van der Waals surface area (Å²) in [7, 11) is 0. The molecule has 3 heterocycles. The molecule has 7 heteroatoms. The minimum atomic E-state index is 0.161. The Hall–Kier alpha value is -1.60. The van der Waals surface area contributed by atoms with E-state index in [9.17, 15) is 0 Å². The summed E-state index contributed by atoms with van der Waals surface area (Å²) < 4.78 is 1.95. The van der Waals surface area contributed by atoms with E-state index in [1.807, 2.05) is 23.6 Å². The van der Waals surface area contributed by atoms with Crippen LogP contribution in [-0.4, -0.2) is 20.9 Å². The van der Waals surface area contributed by atoms with E-state index in [2.05, 4.69) is 42.2 Å². The highest BCUT2D eigenvalue weighted by Crippen LogP contribution is 2.37. The van der Waals surface area contributed by atoms with Gasteiger partial charge in [0.25, 0.3) is 0 Å². The maximum Gasteiger partial charge on any atom is 0.161 e. The highest BCUT2D eigenvalue weighted by atomic mass is 35.5. The molecule has 1 aliphatic heterocycles. The van der Waals surface area contributed by atoms with E-state index in [0.29, 0.717) is 0 Å². The molecule has 130 valence electrons. The number of thioether (sulfide) groups is 1. The average Bonchev–Trinajstić information content (AvgIpc) is 3.19. The lowest BCUT2D eigenvalue weighted by atomic mass is 9.99. The quantitative estimate of drug-likeness (QED) is 0.679. The fraction of sp³-hybridized carbons (Fsp3) is 0.333. The Morgan fingerprint density at radius 3 is 2.60 bits per heavy atom. The molecule has 1 fully saturated rings. The third kappa shape index (κ3) is 3.04. The van der Waals surface area contributed by atoms with Crippen LogP contribution in [0.15, 0.2) is 35.4 Å². The fourth-order valence-corrected chi connectivity index (χ4v) is 4.18. The molecule has 2 N–H and O–H groups in total. The summed E-state index contributed by atoms with van der Waals surface area (Å²) in [6, 6.07) is 10.5. The third-order valence-electron chi connectivity index (χ3n) is 4.61. The topological polar surface area (TPSA) is 54.2 Å². The first-order chi connectivity index (χ1) is 12.1. The molecule has 0 spiro atoms. The summed E-state index contributed by atoms with van der Waals surface area (Å²) in [4.78, 5) is 4.76. The zero-order chi connectivity index (χ0) is 17.6. The first kappa shape index (κ1) is 16.8. The van der Waals surface area contributed by atoms with Gasteiger partial charge >= 0.3 is 0 Å². The van der Waals surface area contributed by atoms with Crippen molar-refractivity contribution in [2.45, 2.75) is 37.4 Å². The predicted molar refractivity (Wildman–Crippen MR) is 102 cm³/mol. The number of hydrogen-bond acceptors (Lipinski definition) is 5. The van der Waals surface area contributed by atoms with Crippen LogP contribution in [0.25, 0.3) is 5.65 Å². The molecule has 25 heavy (non-hydrogen) atoms. The fourth-order valence-electron chi connectivity index (χ4n) is 3.43. The zero-order valence-electron chi connectivity index (χ0n) is 14.4. The molecule has 0 aliphatic carbocycles. The van der Waals surface area contributed by atoms with Crippen LogP contribution in [-0.2, 0) is 0 Å². The molecular formula is C18H20ClN5S. The first-order valence-corrected chi connectivity index (χ1v) is 9.84. The van der Waals surface area contributed by atoms with Gasteiger partial charge in [-0.25, -0.2) is 20.4 Å². The van der Waals surface area contributed by atoms with E-state index >= 15 is 0 Å². The van der Waals surface area contributed by atoms with Crippen molar-refractivity contribution in [1.82, 2.24) is 25.4 Å². The molecule has 2 atom stereocenters. The third-order valence-corrected chi connectivity index (χ3v) is 5.55. The van der Waals surface area contributed by atoms with Crippen LogP contribution < -0.4 is 10.9 Å². The standard InChI is InChI=1S/C18H20ClN5S/c1-10-8-11(2)24-17(20-10)16(18(23-24)25-3)15-9-14(21-22-15)12-4-6-13(19)7-5-12/h4-8,14-15,21-22H,9H2,1-3H3. The summed E-state index contributed by atoms with van der Waals surface area (Å²) in [5.41, 5.74) is 12.3. The number of hydrogen-bond donors (Lipinski definition) is 2. The Morgan fingerprint density at radius 1 is 1.16 bits per heavy atom. The van der Waals surface area contributed by atoms with Crippen molar-refractivity contribution in [3.8, 4) is 0 Å². The summed E-state index contributed by atoms with van der Waals surface area (Å²) in [6.07, 6.45) is 3.00. The lowest BCUT2D eigenvalue weighted by Gasteiger charge is -2.10. The van der Waals surface area contributed by atoms with E-state index in [0.717, 1.165) is 33.5 Å². The largest absolute Gasteiger partial charge is 0.250 e. The molecule has 4 rings (SSSR count). The Balaban J connectivity index is 1.71. The van der Waals surface area contributed by atoms with Gasteiger partial charge in [-0.1, -0.05) is 23.7 Å². The minimum absolute atomic E-state index is 0.161. The number of fused-ring (bicyclic) bond motifs is 1. The van der Waals surface area contributed by atoms with Crippen LogP contribution >= 0.6 is 23.4 Å². The highest BCUT2D eigenvalue weighted by molar-refractivity contribution is 7.98. The van der Waals surface area contributed by atoms with Crippen LogP contribution in [0.1, 0.15) is 41.0 Å². The van der Waals surface area contributed by atoms with Gasteiger partial charge in [-0.2, -0.15) is 5.10 Å². The second kappa shape index (κ2) is 6.61. The van der Waals surface area contributed by atoms with Crippen molar-refractivity contribution in [1.29, 1.82) is 0 Å². The number of nitrogens with one attached hydrogen (secondary N) is 2. The molecule has 0 saturated carbocycles. The molecule has 0 radical (unpaired) electrons. The number of rotatable bonds is 3. The van der Waals surface area contributed by atoms with Crippen molar-refractivity contribution < 1.29 is 0 Å². The van der Waals surface area contributed by atoms with Crippen LogP contribution in [0.4, 0.5) is 0 Å². The van der Waals surface area contributed by atoms with Crippen molar-refractivity contribution in [2.24, 2.45) is 0 Å². The molecule has 0 amide bonds. The molecule has 1 aliphatic rings. The van der Waals surface area contributed by atoms with E-state index < -0.39 is 0 Å². The van der Waals surface area contributed by atoms with Gasteiger partial charge in [0.05, 0.1) is 6.04 Å². The number of nitrogens with zero attached hydrogens (tertiary/aromatic N) is 3. The minimum Gasteiger partial charge on any atom is -0.250 e.